The van der Waals surface area contributed by atoms with Crippen molar-refractivity contribution in [3.05, 3.63) is 72.9 Å². The van der Waals surface area contributed by atoms with Crippen LogP contribution in [0.2, 0.25) is 0 Å². The molecule has 2 fully saturated rings. The lowest BCUT2D eigenvalue weighted by molar-refractivity contribution is -0.332. The Morgan fingerprint density at radius 1 is 0.442 bits per heavy atom. The highest BCUT2D eigenvalue weighted by Crippen LogP contribution is 2.27. The second kappa shape index (κ2) is 49.3. The first-order valence-corrected chi connectivity index (χ1v) is 30.5. The van der Waals surface area contributed by atoms with Crippen LogP contribution < -0.4 is 0 Å². The number of aliphatic hydroxyl groups is 7. The van der Waals surface area contributed by atoms with Crippen LogP contribution in [0.15, 0.2) is 72.9 Å². The van der Waals surface area contributed by atoms with E-state index in [9.17, 15) is 40.5 Å². The Morgan fingerprint density at radius 2 is 0.844 bits per heavy atom. The number of aliphatic hydroxyl groups excluding tert-OH is 7. The van der Waals surface area contributed by atoms with Crippen LogP contribution in [0.25, 0.3) is 0 Å². The van der Waals surface area contributed by atoms with Crippen LogP contribution in [-0.4, -0.2) is 142 Å². The van der Waals surface area contributed by atoms with E-state index in [0.717, 1.165) is 70.6 Å². The van der Waals surface area contributed by atoms with E-state index < -0.39 is 86.7 Å². The van der Waals surface area contributed by atoms with E-state index in [2.05, 4.69) is 86.8 Å². The lowest BCUT2D eigenvalue weighted by atomic mass is 9.98. The van der Waals surface area contributed by atoms with Crippen LogP contribution in [0.1, 0.15) is 219 Å². The molecule has 0 spiro atoms. The van der Waals surface area contributed by atoms with E-state index in [1.807, 2.05) is 0 Å². The van der Waals surface area contributed by atoms with E-state index in [4.69, 9.17) is 28.4 Å². The fourth-order valence-corrected chi connectivity index (χ4v) is 9.31. The molecule has 2 aliphatic rings. The Hall–Kier alpha value is -2.57. The number of rotatable bonds is 49. The number of carbonyl (C=O) groups is 1. The molecule has 2 heterocycles. The quantitative estimate of drug-likeness (QED) is 0.0172. The monoisotopic (exact) mass is 1090 g/mol. The fraction of sp³-hybridized carbons (Fsp3) is 0.794. The predicted octanol–water partition coefficient (Wildman–Crippen LogP) is 11.4. The molecule has 77 heavy (non-hydrogen) atoms. The SMILES string of the molecule is CC/C=C\C/C=C\C/C=C\C/C=C\C/C=C\CCCCCC(=O)OC(COCCCCCCCCCCCCCC/C=C\CCCCCCCCCC)COC1OC(COC2OC(CO)C(O)C(O)C2O)C(O)C(O)C1O. The van der Waals surface area contributed by atoms with E-state index >= 15 is 0 Å². The molecule has 11 atom stereocenters. The first-order valence-electron chi connectivity index (χ1n) is 30.5. The van der Waals surface area contributed by atoms with Gasteiger partial charge in [-0.15, -0.1) is 0 Å². The minimum absolute atomic E-state index is 0.0452. The van der Waals surface area contributed by atoms with Gasteiger partial charge >= 0.3 is 5.97 Å². The maximum absolute atomic E-state index is 13.1. The average molecular weight is 1090 g/mol. The van der Waals surface area contributed by atoms with Gasteiger partial charge in [-0.2, -0.15) is 0 Å². The van der Waals surface area contributed by atoms with Gasteiger partial charge in [-0.05, 0) is 83.5 Å². The average Bonchev–Trinajstić information content (AvgIpc) is 3.43. The van der Waals surface area contributed by atoms with E-state index in [1.165, 1.54) is 122 Å². The zero-order chi connectivity index (χ0) is 55.8. The van der Waals surface area contributed by atoms with Gasteiger partial charge < -0.3 is 64.2 Å². The third kappa shape index (κ3) is 35.7. The highest BCUT2D eigenvalue weighted by atomic mass is 16.7. The number of carbonyl (C=O) groups excluding carboxylic acids is 1. The van der Waals surface area contributed by atoms with Crippen molar-refractivity contribution in [3.8, 4) is 0 Å². The highest BCUT2D eigenvalue weighted by Gasteiger charge is 2.47. The van der Waals surface area contributed by atoms with Crippen LogP contribution in [0.5, 0.6) is 0 Å². The molecule has 14 heteroatoms. The first-order chi connectivity index (χ1) is 37.6. The fourth-order valence-electron chi connectivity index (χ4n) is 9.31. The minimum Gasteiger partial charge on any atom is -0.457 e. The Kier molecular flexibility index (Phi) is 45.1. The topological polar surface area (TPSA) is 214 Å². The van der Waals surface area contributed by atoms with Crippen molar-refractivity contribution in [1.29, 1.82) is 0 Å². The summed E-state index contributed by atoms with van der Waals surface area (Å²) in [6, 6.07) is 0. The van der Waals surface area contributed by atoms with Crippen molar-refractivity contribution in [2.75, 3.05) is 33.0 Å². The molecule has 7 N–H and O–H groups in total. The molecule has 0 bridgehead atoms. The van der Waals surface area contributed by atoms with Crippen molar-refractivity contribution in [1.82, 2.24) is 0 Å². The summed E-state index contributed by atoms with van der Waals surface area (Å²) in [5, 5.41) is 72.4. The predicted molar refractivity (Wildman–Crippen MR) is 307 cm³/mol. The van der Waals surface area contributed by atoms with Crippen molar-refractivity contribution in [2.45, 2.75) is 287 Å². The van der Waals surface area contributed by atoms with Gasteiger partial charge in [-0.1, -0.05) is 202 Å². The molecule has 0 aromatic carbocycles. The lowest BCUT2D eigenvalue weighted by Gasteiger charge is -2.42. The first kappa shape index (κ1) is 70.5. The molecule has 14 nitrogen and oxygen atoms in total. The Bertz CT molecular complexity index is 1550. The van der Waals surface area contributed by atoms with Gasteiger partial charge in [-0.3, -0.25) is 4.79 Å². The summed E-state index contributed by atoms with van der Waals surface area (Å²) in [4.78, 5) is 13.1. The van der Waals surface area contributed by atoms with Crippen molar-refractivity contribution < 1.29 is 69.0 Å². The standard InChI is InChI=1S/C63H110O14/c1-3-5-7-9-11-13-15-17-19-21-23-24-25-26-27-29-31-33-35-37-39-41-43-45-47-72-49-52(75-55(65)46-44-42-40-38-36-34-32-30-28-22-20-18-16-14-12-10-8-6-4-2)50-73-62-61(71)59(69)57(67)54(77-62)51-74-63-60(70)58(68)56(66)53(48-64)76-63/h6,8,12,14,18,20-21,23,28,30,34,36,52-54,56-64,66-71H,3-5,7,9-11,13,15-17,19,22,24-27,29,31-33,35,37-51H2,1-2H3/b8-6-,14-12-,20-18-,23-21-,30-28-,36-34-. The van der Waals surface area contributed by atoms with Crippen LogP contribution in [0.4, 0.5) is 0 Å². The number of hydrogen-bond donors (Lipinski definition) is 7. The molecule has 0 radical (unpaired) electrons. The number of unbranched alkanes of at least 4 members (excludes halogenated alkanes) is 23. The minimum atomic E-state index is -1.72. The molecule has 0 saturated carbocycles. The van der Waals surface area contributed by atoms with Gasteiger partial charge in [0.25, 0.3) is 0 Å². The molecule has 0 aromatic heterocycles. The normalized spacial score (nSPS) is 24.8. The summed E-state index contributed by atoms with van der Waals surface area (Å²) in [6.07, 6.45) is 46.8. The lowest BCUT2D eigenvalue weighted by Crippen LogP contribution is -2.61. The smallest absolute Gasteiger partial charge is 0.306 e. The summed E-state index contributed by atoms with van der Waals surface area (Å²) in [6.45, 7) is 3.54. The summed E-state index contributed by atoms with van der Waals surface area (Å²) >= 11 is 0. The molecular weight excluding hydrogens is 981 g/mol. The molecule has 0 amide bonds. The van der Waals surface area contributed by atoms with Gasteiger partial charge in [0.15, 0.2) is 12.6 Å². The molecular formula is C63H110O14. The van der Waals surface area contributed by atoms with E-state index in [1.54, 1.807) is 0 Å². The molecule has 2 rings (SSSR count). The molecule has 446 valence electrons. The Labute approximate surface area is 466 Å². The van der Waals surface area contributed by atoms with Gasteiger partial charge in [0.2, 0.25) is 0 Å². The number of ether oxygens (including phenoxy) is 6. The third-order valence-electron chi connectivity index (χ3n) is 14.2. The van der Waals surface area contributed by atoms with Crippen LogP contribution in [-0.2, 0) is 33.2 Å². The largest absolute Gasteiger partial charge is 0.457 e. The molecule has 0 aromatic rings. The Balaban J connectivity index is 1.71. The van der Waals surface area contributed by atoms with Crippen molar-refractivity contribution >= 4 is 5.97 Å². The zero-order valence-corrected chi connectivity index (χ0v) is 47.9. The molecule has 2 aliphatic heterocycles. The van der Waals surface area contributed by atoms with Gasteiger partial charge in [0.1, 0.15) is 54.9 Å². The maximum atomic E-state index is 13.1. The summed E-state index contributed by atoms with van der Waals surface area (Å²) in [5.41, 5.74) is 0. The Morgan fingerprint density at radius 3 is 1.34 bits per heavy atom. The van der Waals surface area contributed by atoms with E-state index in [-0.39, 0.29) is 19.6 Å². The summed E-state index contributed by atoms with van der Waals surface area (Å²) < 4.78 is 34.4. The van der Waals surface area contributed by atoms with Gasteiger partial charge in [-0.25, -0.2) is 0 Å². The molecule has 0 aliphatic carbocycles. The van der Waals surface area contributed by atoms with Crippen LogP contribution >= 0.6 is 0 Å². The third-order valence-corrected chi connectivity index (χ3v) is 14.2. The number of esters is 1. The van der Waals surface area contributed by atoms with Crippen LogP contribution in [0, 0.1) is 0 Å². The van der Waals surface area contributed by atoms with Crippen LogP contribution in [0.3, 0.4) is 0 Å². The zero-order valence-electron chi connectivity index (χ0n) is 47.9. The number of allylic oxidation sites excluding steroid dienone is 12. The van der Waals surface area contributed by atoms with Crippen molar-refractivity contribution in [3.63, 3.8) is 0 Å². The summed E-state index contributed by atoms with van der Waals surface area (Å²) in [7, 11) is 0. The summed E-state index contributed by atoms with van der Waals surface area (Å²) in [5.74, 6) is -0.407. The van der Waals surface area contributed by atoms with Gasteiger partial charge in [0.05, 0.1) is 26.4 Å². The molecule has 11 unspecified atom stereocenters. The second-order valence-electron chi connectivity index (χ2n) is 21.1. The van der Waals surface area contributed by atoms with Crippen molar-refractivity contribution in [2.24, 2.45) is 0 Å². The second-order valence-corrected chi connectivity index (χ2v) is 21.1. The highest BCUT2D eigenvalue weighted by molar-refractivity contribution is 5.69. The maximum Gasteiger partial charge on any atom is 0.306 e. The molecule has 2 saturated heterocycles. The number of hydrogen-bond acceptors (Lipinski definition) is 14. The van der Waals surface area contributed by atoms with Gasteiger partial charge in [0, 0.05) is 13.0 Å². The van der Waals surface area contributed by atoms with E-state index in [0.29, 0.717) is 13.0 Å².